The van der Waals surface area contributed by atoms with E-state index in [-0.39, 0.29) is 5.41 Å². The Bertz CT molecular complexity index is 4500. The van der Waals surface area contributed by atoms with Crippen LogP contribution in [-0.4, -0.2) is 19.1 Å². The Morgan fingerprint density at radius 1 is 0.414 bits per heavy atom. The molecule has 70 heavy (non-hydrogen) atoms. The number of thiophene rings is 1. The van der Waals surface area contributed by atoms with Gasteiger partial charge >= 0.3 is 0 Å². The van der Waals surface area contributed by atoms with Crippen LogP contribution in [-0.2, 0) is 5.41 Å². The molecule has 14 aromatic rings. The minimum absolute atomic E-state index is 0.152. The topological polar surface area (TPSA) is 35.6 Å². The fourth-order valence-electron chi connectivity index (χ4n) is 11.9. The predicted octanol–water partition coefficient (Wildman–Crippen LogP) is 17.5. The molecule has 0 fully saturated rings. The van der Waals surface area contributed by atoms with Crippen molar-refractivity contribution < 1.29 is 0 Å². The first kappa shape index (κ1) is 39.4. The average Bonchev–Trinajstić information content (AvgIpc) is 4.16. The van der Waals surface area contributed by atoms with Crippen molar-refractivity contribution in [2.45, 2.75) is 19.3 Å². The van der Waals surface area contributed by atoms with Gasteiger partial charge in [0.2, 0.25) is 5.95 Å². The van der Waals surface area contributed by atoms with E-state index in [1.807, 2.05) is 0 Å². The molecule has 5 heteroatoms. The van der Waals surface area contributed by atoms with Crippen LogP contribution >= 0.6 is 11.3 Å². The van der Waals surface area contributed by atoms with Crippen LogP contribution in [0.2, 0.25) is 0 Å². The lowest BCUT2D eigenvalue weighted by molar-refractivity contribution is 0.660. The lowest BCUT2D eigenvalue weighted by atomic mass is 9.82. The first-order valence-electron chi connectivity index (χ1n) is 24.1. The molecule has 0 saturated carbocycles. The third kappa shape index (κ3) is 5.58. The number of rotatable bonds is 5. The quantitative estimate of drug-likeness (QED) is 0.172. The zero-order valence-electron chi connectivity index (χ0n) is 38.5. The maximum Gasteiger partial charge on any atom is 0.235 e. The van der Waals surface area contributed by atoms with Gasteiger partial charge < -0.3 is 4.57 Å². The Morgan fingerprint density at radius 2 is 1.03 bits per heavy atom. The molecule has 0 atom stereocenters. The Morgan fingerprint density at radius 3 is 1.81 bits per heavy atom. The van der Waals surface area contributed by atoms with Gasteiger partial charge in [0.15, 0.2) is 0 Å². The van der Waals surface area contributed by atoms with Gasteiger partial charge in [0, 0.05) is 48.7 Å². The Labute approximate surface area is 408 Å². The largest absolute Gasteiger partial charge is 0.309 e. The Kier molecular flexibility index (Phi) is 8.26. The van der Waals surface area contributed by atoms with Gasteiger partial charge in [0.1, 0.15) is 0 Å². The number of hydrogen-bond acceptors (Lipinski definition) is 3. The molecule has 1 aliphatic rings. The molecule has 1 aliphatic carbocycles. The maximum atomic E-state index is 5.70. The normalized spacial score (nSPS) is 13.1. The first-order valence-corrected chi connectivity index (χ1v) is 24.9. The summed E-state index contributed by atoms with van der Waals surface area (Å²) in [5.41, 5.74) is 17.3. The second-order valence-corrected chi connectivity index (χ2v) is 20.3. The van der Waals surface area contributed by atoms with Crippen molar-refractivity contribution in [2.24, 2.45) is 0 Å². The van der Waals surface area contributed by atoms with Crippen molar-refractivity contribution in [3.63, 3.8) is 0 Å². The third-order valence-electron chi connectivity index (χ3n) is 15.1. The number of para-hydroxylation sites is 2. The molecule has 0 unspecified atom stereocenters. The lowest BCUT2D eigenvalue weighted by Crippen LogP contribution is -2.15. The minimum atomic E-state index is -0.152. The SMILES string of the molecule is CC1(C)c2ccccc2-c2ccc(-c3nc(-n4c5ccc(-c6cccc7c8c9ccccc9ccc8n(-c8ccccc8)c67)cc5c5c6ccccc6ccc54)nc4cc(-c5ccccc5)sc34)cc21. The van der Waals surface area contributed by atoms with Gasteiger partial charge in [0.05, 0.1) is 38.0 Å². The summed E-state index contributed by atoms with van der Waals surface area (Å²) in [6.07, 6.45) is 0. The van der Waals surface area contributed by atoms with Crippen molar-refractivity contribution in [1.29, 1.82) is 0 Å². The lowest BCUT2D eigenvalue weighted by Gasteiger charge is -2.22. The molecule has 0 aliphatic heterocycles. The highest BCUT2D eigenvalue weighted by molar-refractivity contribution is 7.22. The monoisotopic (exact) mass is 910 g/mol. The highest BCUT2D eigenvalue weighted by Gasteiger charge is 2.35. The summed E-state index contributed by atoms with van der Waals surface area (Å²) in [7, 11) is 0. The van der Waals surface area contributed by atoms with Crippen LogP contribution in [0.5, 0.6) is 0 Å². The fraction of sp³-hybridized carbons (Fsp3) is 0.0462. The summed E-state index contributed by atoms with van der Waals surface area (Å²) in [5, 5.41) is 9.75. The molecule has 4 heterocycles. The summed E-state index contributed by atoms with van der Waals surface area (Å²) in [6.45, 7) is 4.70. The summed E-state index contributed by atoms with van der Waals surface area (Å²) in [5.74, 6) is 0.657. The predicted molar refractivity (Wildman–Crippen MR) is 295 cm³/mol. The van der Waals surface area contributed by atoms with E-state index in [0.717, 1.165) is 49.1 Å². The highest BCUT2D eigenvalue weighted by Crippen LogP contribution is 2.51. The molecular formula is C65H42N4S. The average molecular weight is 911 g/mol. The maximum absolute atomic E-state index is 5.70. The van der Waals surface area contributed by atoms with E-state index in [2.05, 4.69) is 241 Å². The van der Waals surface area contributed by atoms with Crippen molar-refractivity contribution in [3.8, 4) is 55.6 Å². The van der Waals surface area contributed by atoms with Gasteiger partial charge in [-0.15, -0.1) is 11.3 Å². The second kappa shape index (κ2) is 14.7. The van der Waals surface area contributed by atoms with Crippen LogP contribution in [0.15, 0.2) is 218 Å². The second-order valence-electron chi connectivity index (χ2n) is 19.3. The number of hydrogen-bond donors (Lipinski definition) is 0. The molecule has 0 saturated heterocycles. The standard InChI is InChI=1S/C65H42N4S/c1-65(2)52-27-14-13-24-48(52)49-32-28-43(37-53(49)65)61-63-54(38-58(70-63)41-18-5-3-6-19-41)66-64(67-61)69-55-33-31-42(36-51(55)60-46-23-12-10-17-40(46)30-35-57(60)69)47-25-15-26-50-59-45-22-11-9-16-39(45)29-34-56(59)68(62(47)50)44-20-7-4-8-21-44/h3-38H,1-2H3. The zero-order chi connectivity index (χ0) is 46.2. The van der Waals surface area contributed by atoms with E-state index >= 15 is 0 Å². The first-order chi connectivity index (χ1) is 34.5. The van der Waals surface area contributed by atoms with Gasteiger partial charge in [-0.3, -0.25) is 4.57 Å². The number of fused-ring (bicyclic) bond motifs is 14. The van der Waals surface area contributed by atoms with Crippen LogP contribution in [0.25, 0.3) is 131 Å². The Balaban J connectivity index is 1.00. The summed E-state index contributed by atoms with van der Waals surface area (Å²) in [4.78, 5) is 12.4. The van der Waals surface area contributed by atoms with E-state index in [0.29, 0.717) is 5.95 Å². The van der Waals surface area contributed by atoms with Gasteiger partial charge in [-0.05, 0) is 103 Å². The fourth-order valence-corrected chi connectivity index (χ4v) is 13.0. The highest BCUT2D eigenvalue weighted by atomic mass is 32.1. The number of benzene rings is 10. The molecule has 4 nitrogen and oxygen atoms in total. The smallest absolute Gasteiger partial charge is 0.235 e. The van der Waals surface area contributed by atoms with Crippen molar-refractivity contribution in [3.05, 3.63) is 230 Å². The van der Waals surface area contributed by atoms with Crippen LogP contribution in [0.4, 0.5) is 0 Å². The van der Waals surface area contributed by atoms with Gasteiger partial charge in [-0.25, -0.2) is 9.97 Å². The molecule has 10 aromatic carbocycles. The van der Waals surface area contributed by atoms with Crippen molar-refractivity contribution in [1.82, 2.24) is 19.1 Å². The minimum Gasteiger partial charge on any atom is -0.309 e. The zero-order valence-corrected chi connectivity index (χ0v) is 39.3. The van der Waals surface area contributed by atoms with E-state index in [1.165, 1.54) is 87.0 Å². The number of aromatic nitrogens is 4. The van der Waals surface area contributed by atoms with Gasteiger partial charge in [-0.2, -0.15) is 0 Å². The molecule has 0 N–H and O–H groups in total. The molecule has 4 aromatic heterocycles. The number of nitrogens with zero attached hydrogens (tertiary/aromatic N) is 4. The van der Waals surface area contributed by atoms with Crippen molar-refractivity contribution in [2.75, 3.05) is 0 Å². The summed E-state index contributed by atoms with van der Waals surface area (Å²) >= 11 is 1.77. The third-order valence-corrected chi connectivity index (χ3v) is 16.3. The van der Waals surface area contributed by atoms with Crippen LogP contribution < -0.4 is 0 Å². The molecule has 0 radical (unpaired) electrons. The summed E-state index contributed by atoms with van der Waals surface area (Å²) < 4.78 is 5.85. The molecule has 328 valence electrons. The Hall–Kier alpha value is -8.64. The molecule has 0 amide bonds. The molecule has 0 spiro atoms. The van der Waals surface area contributed by atoms with Crippen LogP contribution in [0.1, 0.15) is 25.0 Å². The van der Waals surface area contributed by atoms with E-state index in [4.69, 9.17) is 9.97 Å². The van der Waals surface area contributed by atoms with Crippen molar-refractivity contribution >= 4 is 86.7 Å². The van der Waals surface area contributed by atoms with Gasteiger partial charge in [0.25, 0.3) is 0 Å². The van der Waals surface area contributed by atoms with Gasteiger partial charge in [-0.1, -0.05) is 184 Å². The van der Waals surface area contributed by atoms with Crippen LogP contribution in [0, 0.1) is 0 Å². The van der Waals surface area contributed by atoms with Crippen LogP contribution in [0.3, 0.4) is 0 Å². The van der Waals surface area contributed by atoms with E-state index in [1.54, 1.807) is 11.3 Å². The van der Waals surface area contributed by atoms with E-state index in [9.17, 15) is 0 Å². The molecule has 0 bridgehead atoms. The molecule has 15 rings (SSSR count). The summed E-state index contributed by atoms with van der Waals surface area (Å²) in [6, 6.07) is 80.0. The van der Waals surface area contributed by atoms with E-state index < -0.39 is 0 Å². The molecular weight excluding hydrogens is 869 g/mol.